The quantitative estimate of drug-likeness (QED) is 0.743. The Morgan fingerprint density at radius 1 is 1.12 bits per heavy atom. The zero-order valence-corrected chi connectivity index (χ0v) is 13.2. The number of hydrogen-bond acceptors (Lipinski definition) is 3. The first-order valence-electron chi connectivity index (χ1n) is 7.37. The lowest BCUT2D eigenvalue weighted by atomic mass is 10.1. The third-order valence-corrected chi connectivity index (χ3v) is 3.74. The number of benzene rings is 2. The highest BCUT2D eigenvalue weighted by molar-refractivity contribution is 6.06. The summed E-state index contributed by atoms with van der Waals surface area (Å²) in [5.41, 5.74) is 2.56. The van der Waals surface area contributed by atoms with E-state index in [4.69, 9.17) is 4.42 Å². The Balaban J connectivity index is 1.75. The molecule has 0 saturated carbocycles. The van der Waals surface area contributed by atoms with Crippen molar-refractivity contribution in [1.82, 2.24) is 0 Å². The molecular formula is C19H16N2O3. The normalized spacial score (nSPS) is 10.4. The molecule has 5 heteroatoms. The number of nitrogens with zero attached hydrogens (tertiary/aromatic N) is 1. The lowest BCUT2D eigenvalue weighted by Crippen LogP contribution is -2.23. The molecule has 24 heavy (non-hydrogen) atoms. The van der Waals surface area contributed by atoms with Gasteiger partial charge in [-0.1, -0.05) is 6.58 Å². The number of likely N-dealkylation sites (N-methyl/N-ethyl adjacent to an activating group) is 1. The summed E-state index contributed by atoms with van der Waals surface area (Å²) in [5.74, 6) is -0.441. The molecule has 1 N–H and O–H groups in total. The van der Waals surface area contributed by atoms with Gasteiger partial charge in [-0.15, -0.1) is 0 Å². The van der Waals surface area contributed by atoms with Crippen LogP contribution in [0.3, 0.4) is 0 Å². The van der Waals surface area contributed by atoms with Crippen molar-refractivity contribution < 1.29 is 14.0 Å². The van der Waals surface area contributed by atoms with E-state index < -0.39 is 0 Å². The van der Waals surface area contributed by atoms with Gasteiger partial charge in [0.2, 0.25) is 5.91 Å². The molecule has 0 aliphatic heterocycles. The van der Waals surface area contributed by atoms with Crippen LogP contribution in [0.5, 0.6) is 0 Å². The smallest absolute Gasteiger partial charge is 0.255 e. The Kier molecular flexibility index (Phi) is 4.16. The molecular weight excluding hydrogens is 304 g/mol. The molecule has 1 heterocycles. The number of fused-ring (bicyclic) bond motifs is 1. The summed E-state index contributed by atoms with van der Waals surface area (Å²) in [6, 6.07) is 14.1. The highest BCUT2D eigenvalue weighted by atomic mass is 16.3. The van der Waals surface area contributed by atoms with Gasteiger partial charge in [-0.3, -0.25) is 9.59 Å². The van der Waals surface area contributed by atoms with Crippen LogP contribution in [0, 0.1) is 0 Å². The molecule has 0 atom stereocenters. The maximum absolute atomic E-state index is 12.3. The van der Waals surface area contributed by atoms with Crippen LogP contribution in [-0.2, 0) is 4.79 Å². The second kappa shape index (κ2) is 6.42. The molecule has 2 aromatic carbocycles. The van der Waals surface area contributed by atoms with Gasteiger partial charge in [0, 0.05) is 35.4 Å². The van der Waals surface area contributed by atoms with Crippen LogP contribution in [0.25, 0.3) is 11.0 Å². The van der Waals surface area contributed by atoms with E-state index in [1.165, 1.54) is 11.0 Å². The number of hydrogen-bond donors (Lipinski definition) is 1. The largest absolute Gasteiger partial charge is 0.464 e. The van der Waals surface area contributed by atoms with Crippen molar-refractivity contribution in [1.29, 1.82) is 0 Å². The number of furan rings is 1. The standard InChI is InChI=1S/C19H16N2O3/c1-3-18(22)21(2)16-8-5-14(6-9-16)19(23)20-15-7-4-13-10-11-24-17(13)12-15/h3-12H,1H2,2H3,(H,20,23). The number of carbonyl (C=O) groups is 2. The molecule has 0 bridgehead atoms. The minimum atomic E-state index is -0.231. The Hall–Kier alpha value is -3.34. The summed E-state index contributed by atoms with van der Waals surface area (Å²) in [6.07, 6.45) is 2.85. The van der Waals surface area contributed by atoms with Crippen LogP contribution in [0.2, 0.25) is 0 Å². The van der Waals surface area contributed by atoms with Gasteiger partial charge in [0.05, 0.1) is 6.26 Å². The monoisotopic (exact) mass is 320 g/mol. The van der Waals surface area contributed by atoms with Crippen molar-refractivity contribution in [2.45, 2.75) is 0 Å². The molecule has 2 amide bonds. The van der Waals surface area contributed by atoms with Crippen molar-refractivity contribution in [2.24, 2.45) is 0 Å². The SMILES string of the molecule is C=CC(=O)N(C)c1ccc(C(=O)Nc2ccc3ccoc3c2)cc1. The van der Waals surface area contributed by atoms with E-state index in [-0.39, 0.29) is 11.8 Å². The fourth-order valence-corrected chi connectivity index (χ4v) is 2.34. The predicted molar refractivity (Wildman–Crippen MR) is 94.2 cm³/mol. The van der Waals surface area contributed by atoms with Gasteiger partial charge in [-0.05, 0) is 48.5 Å². The molecule has 1 aromatic heterocycles. The lowest BCUT2D eigenvalue weighted by molar-refractivity contribution is -0.113. The molecule has 120 valence electrons. The molecule has 3 rings (SSSR count). The van der Waals surface area contributed by atoms with Gasteiger partial charge in [0.15, 0.2) is 0 Å². The zero-order chi connectivity index (χ0) is 17.1. The maximum atomic E-state index is 12.3. The summed E-state index contributed by atoms with van der Waals surface area (Å²) in [5, 5.41) is 3.81. The number of nitrogens with one attached hydrogen (secondary N) is 1. The minimum absolute atomic E-state index is 0.209. The van der Waals surface area contributed by atoms with Crippen molar-refractivity contribution in [3.05, 3.63) is 73.0 Å². The first-order chi connectivity index (χ1) is 11.6. The minimum Gasteiger partial charge on any atom is -0.464 e. The Bertz CT molecular complexity index is 910. The topological polar surface area (TPSA) is 62.6 Å². The molecule has 3 aromatic rings. The third-order valence-electron chi connectivity index (χ3n) is 3.74. The van der Waals surface area contributed by atoms with Crippen LogP contribution in [0.4, 0.5) is 11.4 Å². The molecule has 0 radical (unpaired) electrons. The highest BCUT2D eigenvalue weighted by Gasteiger charge is 2.10. The van der Waals surface area contributed by atoms with Crippen LogP contribution in [0.1, 0.15) is 10.4 Å². The Labute approximate surface area is 139 Å². The number of anilines is 2. The number of carbonyl (C=O) groups excluding carboxylic acids is 2. The van der Waals surface area contributed by atoms with Gasteiger partial charge >= 0.3 is 0 Å². The average Bonchev–Trinajstić information content (AvgIpc) is 3.08. The average molecular weight is 320 g/mol. The summed E-state index contributed by atoms with van der Waals surface area (Å²) >= 11 is 0. The van der Waals surface area contributed by atoms with E-state index in [0.29, 0.717) is 22.5 Å². The van der Waals surface area contributed by atoms with Crippen LogP contribution < -0.4 is 10.2 Å². The third kappa shape index (κ3) is 3.05. The van der Waals surface area contributed by atoms with E-state index in [2.05, 4.69) is 11.9 Å². The Morgan fingerprint density at radius 2 is 1.88 bits per heavy atom. The highest BCUT2D eigenvalue weighted by Crippen LogP contribution is 2.21. The molecule has 0 aliphatic carbocycles. The van der Waals surface area contributed by atoms with E-state index in [1.54, 1.807) is 43.6 Å². The van der Waals surface area contributed by atoms with Gasteiger partial charge in [-0.25, -0.2) is 0 Å². The van der Waals surface area contributed by atoms with Gasteiger partial charge < -0.3 is 14.6 Å². The van der Waals surface area contributed by atoms with Crippen LogP contribution in [0.15, 0.2) is 71.9 Å². The van der Waals surface area contributed by atoms with Crippen molar-refractivity contribution in [3.8, 4) is 0 Å². The molecule has 0 aliphatic rings. The van der Waals surface area contributed by atoms with E-state index >= 15 is 0 Å². The molecule has 0 fully saturated rings. The summed E-state index contributed by atoms with van der Waals surface area (Å²) < 4.78 is 5.32. The molecule has 0 saturated heterocycles. The summed E-state index contributed by atoms with van der Waals surface area (Å²) in [6.45, 7) is 3.45. The first kappa shape index (κ1) is 15.6. The molecule has 0 unspecified atom stereocenters. The van der Waals surface area contributed by atoms with E-state index in [9.17, 15) is 9.59 Å². The predicted octanol–water partition coefficient (Wildman–Crippen LogP) is 3.83. The number of amides is 2. The van der Waals surface area contributed by atoms with E-state index in [1.807, 2.05) is 18.2 Å². The van der Waals surface area contributed by atoms with Crippen molar-refractivity contribution >= 4 is 34.2 Å². The van der Waals surface area contributed by atoms with E-state index in [0.717, 1.165) is 5.39 Å². The molecule has 0 spiro atoms. The van der Waals surface area contributed by atoms with Crippen LogP contribution >= 0.6 is 0 Å². The Morgan fingerprint density at radius 3 is 2.58 bits per heavy atom. The fourth-order valence-electron chi connectivity index (χ4n) is 2.34. The van der Waals surface area contributed by atoms with Gasteiger partial charge in [0.1, 0.15) is 5.58 Å². The lowest BCUT2D eigenvalue weighted by Gasteiger charge is -2.15. The second-order valence-electron chi connectivity index (χ2n) is 5.28. The van der Waals surface area contributed by atoms with Crippen molar-refractivity contribution in [3.63, 3.8) is 0 Å². The van der Waals surface area contributed by atoms with Gasteiger partial charge in [-0.2, -0.15) is 0 Å². The zero-order valence-electron chi connectivity index (χ0n) is 13.2. The summed E-state index contributed by atoms with van der Waals surface area (Å²) in [7, 11) is 1.65. The van der Waals surface area contributed by atoms with Crippen LogP contribution in [-0.4, -0.2) is 18.9 Å². The second-order valence-corrected chi connectivity index (χ2v) is 5.28. The van der Waals surface area contributed by atoms with Crippen molar-refractivity contribution in [2.75, 3.05) is 17.3 Å². The first-order valence-corrected chi connectivity index (χ1v) is 7.37. The number of rotatable bonds is 4. The maximum Gasteiger partial charge on any atom is 0.255 e. The summed E-state index contributed by atoms with van der Waals surface area (Å²) in [4.78, 5) is 25.4. The molecule has 5 nitrogen and oxygen atoms in total. The fraction of sp³-hybridized carbons (Fsp3) is 0.0526. The van der Waals surface area contributed by atoms with Gasteiger partial charge in [0.25, 0.3) is 5.91 Å².